The van der Waals surface area contributed by atoms with Crippen LogP contribution >= 0.6 is 11.8 Å². The number of thioether (sulfide) groups is 1. The molecule has 2 rings (SSSR count). The van der Waals surface area contributed by atoms with E-state index in [0.29, 0.717) is 12.3 Å². The minimum absolute atomic E-state index is 0.224. The fourth-order valence-electron chi connectivity index (χ4n) is 2.23. The molecule has 1 aromatic rings. The van der Waals surface area contributed by atoms with Crippen molar-refractivity contribution in [3.63, 3.8) is 0 Å². The number of carboxylic acid groups (broad SMARTS) is 1. The predicted molar refractivity (Wildman–Crippen MR) is 76.7 cm³/mol. The van der Waals surface area contributed by atoms with E-state index < -0.39 is 11.8 Å². The SMILES string of the molecule is O=C(CC1CCSCC1)Nc1c(F)cccc1C(=O)O. The summed E-state index contributed by atoms with van der Waals surface area (Å²) in [5, 5.41) is 11.4. The summed E-state index contributed by atoms with van der Waals surface area (Å²) in [4.78, 5) is 23.0. The van der Waals surface area contributed by atoms with E-state index in [1.165, 1.54) is 12.1 Å². The number of carbonyl (C=O) groups is 2. The Hall–Kier alpha value is -1.56. The van der Waals surface area contributed by atoms with Gasteiger partial charge in [-0.25, -0.2) is 9.18 Å². The average Bonchev–Trinajstić information content (AvgIpc) is 2.42. The lowest BCUT2D eigenvalue weighted by atomic mass is 9.98. The Kier molecular flexibility index (Phi) is 5.00. The molecule has 1 aliphatic heterocycles. The molecule has 1 fully saturated rings. The van der Waals surface area contributed by atoms with Gasteiger partial charge in [0.2, 0.25) is 5.91 Å². The van der Waals surface area contributed by atoms with Crippen LogP contribution in [0, 0.1) is 11.7 Å². The summed E-state index contributed by atoms with van der Waals surface area (Å²) in [7, 11) is 0. The highest BCUT2D eigenvalue weighted by Crippen LogP contribution is 2.26. The van der Waals surface area contributed by atoms with E-state index in [4.69, 9.17) is 5.11 Å². The number of amides is 1. The Morgan fingerprint density at radius 2 is 2.05 bits per heavy atom. The lowest BCUT2D eigenvalue weighted by molar-refractivity contribution is -0.117. The van der Waals surface area contributed by atoms with Gasteiger partial charge in [-0.05, 0) is 42.4 Å². The normalized spacial score (nSPS) is 15.8. The van der Waals surface area contributed by atoms with Crippen LogP contribution < -0.4 is 5.32 Å². The largest absolute Gasteiger partial charge is 0.478 e. The van der Waals surface area contributed by atoms with Gasteiger partial charge in [0.15, 0.2) is 0 Å². The van der Waals surface area contributed by atoms with Gasteiger partial charge >= 0.3 is 5.97 Å². The van der Waals surface area contributed by atoms with Crippen LogP contribution in [0.25, 0.3) is 0 Å². The number of hydrogen-bond donors (Lipinski definition) is 2. The van der Waals surface area contributed by atoms with Gasteiger partial charge in [0.1, 0.15) is 5.82 Å². The number of carboxylic acids is 1. The highest BCUT2D eigenvalue weighted by molar-refractivity contribution is 7.99. The lowest BCUT2D eigenvalue weighted by Crippen LogP contribution is -2.21. The molecule has 2 N–H and O–H groups in total. The molecular weight excluding hydrogens is 281 g/mol. The highest BCUT2D eigenvalue weighted by Gasteiger charge is 2.20. The highest BCUT2D eigenvalue weighted by atomic mass is 32.2. The van der Waals surface area contributed by atoms with Crippen molar-refractivity contribution < 1.29 is 19.1 Å². The first-order valence-corrected chi connectivity index (χ1v) is 7.63. The summed E-state index contributed by atoms with van der Waals surface area (Å²) < 4.78 is 13.7. The molecule has 0 unspecified atom stereocenters. The van der Waals surface area contributed by atoms with Crippen LogP contribution in [0.1, 0.15) is 29.6 Å². The average molecular weight is 297 g/mol. The third kappa shape index (κ3) is 3.72. The van der Waals surface area contributed by atoms with Crippen molar-refractivity contribution in [2.24, 2.45) is 5.92 Å². The second-order valence-corrected chi connectivity index (χ2v) is 6.00. The van der Waals surface area contributed by atoms with Crippen molar-refractivity contribution in [2.45, 2.75) is 19.3 Å². The first-order chi connectivity index (χ1) is 9.58. The van der Waals surface area contributed by atoms with Gasteiger partial charge in [0.25, 0.3) is 0 Å². The minimum atomic E-state index is -1.26. The van der Waals surface area contributed by atoms with Crippen LogP contribution in [0.5, 0.6) is 0 Å². The molecule has 1 amide bonds. The smallest absolute Gasteiger partial charge is 0.337 e. The van der Waals surface area contributed by atoms with E-state index in [2.05, 4.69) is 5.32 Å². The van der Waals surface area contributed by atoms with Crippen LogP contribution in [-0.2, 0) is 4.79 Å². The summed E-state index contributed by atoms with van der Waals surface area (Å²) in [6, 6.07) is 3.73. The Morgan fingerprint density at radius 3 is 2.70 bits per heavy atom. The number of carbonyl (C=O) groups excluding carboxylic acids is 1. The van der Waals surface area contributed by atoms with Gasteiger partial charge in [0, 0.05) is 6.42 Å². The number of para-hydroxylation sites is 1. The number of hydrogen-bond acceptors (Lipinski definition) is 3. The van der Waals surface area contributed by atoms with E-state index in [0.717, 1.165) is 30.4 Å². The van der Waals surface area contributed by atoms with Crippen molar-refractivity contribution in [3.8, 4) is 0 Å². The summed E-state index contributed by atoms with van der Waals surface area (Å²) in [6.07, 6.45) is 2.26. The molecule has 0 radical (unpaired) electrons. The van der Waals surface area contributed by atoms with E-state index >= 15 is 0 Å². The molecule has 108 valence electrons. The van der Waals surface area contributed by atoms with Gasteiger partial charge in [-0.15, -0.1) is 0 Å². The van der Waals surface area contributed by atoms with Crippen LogP contribution in [-0.4, -0.2) is 28.5 Å². The second kappa shape index (κ2) is 6.74. The van der Waals surface area contributed by atoms with E-state index in [9.17, 15) is 14.0 Å². The molecule has 20 heavy (non-hydrogen) atoms. The molecule has 0 bridgehead atoms. The van der Waals surface area contributed by atoms with Crippen molar-refractivity contribution in [1.29, 1.82) is 0 Å². The zero-order valence-electron chi connectivity index (χ0n) is 10.9. The third-order valence-electron chi connectivity index (χ3n) is 3.32. The van der Waals surface area contributed by atoms with Crippen molar-refractivity contribution >= 4 is 29.3 Å². The molecule has 0 aliphatic carbocycles. The first-order valence-electron chi connectivity index (χ1n) is 6.47. The Labute approximate surface area is 120 Å². The number of nitrogens with one attached hydrogen (secondary N) is 1. The van der Waals surface area contributed by atoms with Crippen molar-refractivity contribution in [1.82, 2.24) is 0 Å². The fraction of sp³-hybridized carbons (Fsp3) is 0.429. The van der Waals surface area contributed by atoms with Gasteiger partial charge in [0.05, 0.1) is 11.3 Å². The molecule has 4 nitrogen and oxygen atoms in total. The number of benzene rings is 1. The Bertz CT molecular complexity index is 515. The molecule has 0 atom stereocenters. The van der Waals surface area contributed by atoms with E-state index in [-0.39, 0.29) is 17.2 Å². The van der Waals surface area contributed by atoms with E-state index in [1.54, 1.807) is 0 Å². The molecular formula is C14H16FNO3S. The summed E-state index contributed by atoms with van der Waals surface area (Å²) in [6.45, 7) is 0. The van der Waals surface area contributed by atoms with Crippen LogP contribution in [0.15, 0.2) is 18.2 Å². The van der Waals surface area contributed by atoms with Gasteiger partial charge in [-0.2, -0.15) is 11.8 Å². The minimum Gasteiger partial charge on any atom is -0.478 e. The quantitative estimate of drug-likeness (QED) is 0.896. The third-order valence-corrected chi connectivity index (χ3v) is 4.37. The number of aromatic carboxylic acids is 1. The van der Waals surface area contributed by atoms with Crippen LogP contribution in [0.3, 0.4) is 0 Å². The van der Waals surface area contributed by atoms with Crippen LogP contribution in [0.4, 0.5) is 10.1 Å². The summed E-state index contributed by atoms with van der Waals surface area (Å²) in [5.74, 6) is 0.0767. The summed E-state index contributed by atoms with van der Waals surface area (Å²) >= 11 is 1.87. The zero-order chi connectivity index (χ0) is 14.5. The lowest BCUT2D eigenvalue weighted by Gasteiger charge is -2.20. The zero-order valence-corrected chi connectivity index (χ0v) is 11.7. The van der Waals surface area contributed by atoms with Gasteiger partial charge < -0.3 is 10.4 Å². The van der Waals surface area contributed by atoms with E-state index in [1.807, 2.05) is 11.8 Å². The molecule has 6 heteroatoms. The summed E-state index contributed by atoms with van der Waals surface area (Å²) in [5.41, 5.74) is -0.465. The van der Waals surface area contributed by atoms with Crippen molar-refractivity contribution in [3.05, 3.63) is 29.6 Å². The maximum absolute atomic E-state index is 13.7. The van der Waals surface area contributed by atoms with Gasteiger partial charge in [-0.1, -0.05) is 6.07 Å². The predicted octanol–water partition coefficient (Wildman–Crippen LogP) is 3.00. The standard InChI is InChI=1S/C14H16FNO3S/c15-11-3-1-2-10(14(18)19)13(11)16-12(17)8-9-4-6-20-7-5-9/h1-3,9H,4-8H2,(H,16,17)(H,18,19). The molecule has 1 heterocycles. The number of anilines is 1. The molecule has 1 saturated heterocycles. The van der Waals surface area contributed by atoms with Crippen molar-refractivity contribution in [2.75, 3.05) is 16.8 Å². The Morgan fingerprint density at radius 1 is 1.35 bits per heavy atom. The molecule has 0 saturated carbocycles. The second-order valence-electron chi connectivity index (χ2n) is 4.78. The fourth-order valence-corrected chi connectivity index (χ4v) is 3.44. The maximum Gasteiger partial charge on any atom is 0.337 e. The molecule has 1 aliphatic rings. The van der Waals surface area contributed by atoms with Crippen LogP contribution in [0.2, 0.25) is 0 Å². The topological polar surface area (TPSA) is 66.4 Å². The first kappa shape index (κ1) is 14.8. The van der Waals surface area contributed by atoms with Gasteiger partial charge in [-0.3, -0.25) is 4.79 Å². The number of halogens is 1. The monoisotopic (exact) mass is 297 g/mol. The molecule has 0 aromatic heterocycles. The molecule has 0 spiro atoms. The molecule has 1 aromatic carbocycles. The number of rotatable bonds is 4. The maximum atomic E-state index is 13.7. The Balaban J connectivity index is 2.05.